The van der Waals surface area contributed by atoms with E-state index in [0.29, 0.717) is 32.6 Å². The smallest absolute Gasteiger partial charge is 0.337 e. The van der Waals surface area contributed by atoms with Crippen LogP contribution in [0, 0.1) is 6.92 Å². The molecular formula is C19H14Cl2N2O4. The molecule has 1 amide bonds. The monoisotopic (exact) mass is 404 g/mol. The van der Waals surface area contributed by atoms with Gasteiger partial charge in [-0.05, 0) is 43.3 Å². The maximum atomic E-state index is 12.8. The van der Waals surface area contributed by atoms with Gasteiger partial charge in [-0.15, -0.1) is 0 Å². The number of rotatable bonds is 4. The Morgan fingerprint density at radius 1 is 1.07 bits per heavy atom. The highest BCUT2D eigenvalue weighted by Crippen LogP contribution is 2.36. The molecule has 2 aromatic carbocycles. The number of hydrogen-bond donors (Lipinski definition) is 1. The Balaban J connectivity index is 1.92. The van der Waals surface area contributed by atoms with Gasteiger partial charge in [-0.1, -0.05) is 34.4 Å². The Morgan fingerprint density at radius 2 is 1.70 bits per heavy atom. The van der Waals surface area contributed by atoms with Crippen LogP contribution in [0.25, 0.3) is 11.3 Å². The second-order valence-electron chi connectivity index (χ2n) is 5.58. The number of amides is 1. The molecule has 138 valence electrons. The number of halogens is 2. The minimum atomic E-state index is -0.460. The predicted molar refractivity (Wildman–Crippen MR) is 102 cm³/mol. The molecule has 1 N–H and O–H groups in total. The summed E-state index contributed by atoms with van der Waals surface area (Å²) in [4.78, 5) is 24.3. The van der Waals surface area contributed by atoms with Gasteiger partial charge in [0.1, 0.15) is 17.0 Å². The van der Waals surface area contributed by atoms with Crippen molar-refractivity contribution in [3.8, 4) is 11.3 Å². The van der Waals surface area contributed by atoms with Crippen LogP contribution in [-0.4, -0.2) is 24.1 Å². The second-order valence-corrected chi connectivity index (χ2v) is 6.40. The van der Waals surface area contributed by atoms with Crippen LogP contribution >= 0.6 is 23.2 Å². The first-order chi connectivity index (χ1) is 12.9. The van der Waals surface area contributed by atoms with Crippen LogP contribution in [-0.2, 0) is 4.74 Å². The first-order valence-electron chi connectivity index (χ1n) is 7.82. The van der Waals surface area contributed by atoms with Crippen LogP contribution in [0.1, 0.15) is 26.5 Å². The number of carbonyl (C=O) groups is 2. The van der Waals surface area contributed by atoms with Crippen molar-refractivity contribution in [2.45, 2.75) is 6.92 Å². The number of hydrogen-bond acceptors (Lipinski definition) is 5. The van der Waals surface area contributed by atoms with Crippen molar-refractivity contribution in [1.29, 1.82) is 0 Å². The van der Waals surface area contributed by atoms with Crippen molar-refractivity contribution in [2.24, 2.45) is 0 Å². The molecule has 0 radical (unpaired) electrons. The molecule has 27 heavy (non-hydrogen) atoms. The fourth-order valence-corrected chi connectivity index (χ4v) is 3.11. The fraction of sp³-hybridized carbons (Fsp3) is 0.105. The molecule has 1 heterocycles. The molecule has 0 aliphatic rings. The van der Waals surface area contributed by atoms with Gasteiger partial charge < -0.3 is 14.6 Å². The number of anilines is 1. The molecule has 6 nitrogen and oxygen atoms in total. The van der Waals surface area contributed by atoms with Crippen LogP contribution in [0.5, 0.6) is 0 Å². The van der Waals surface area contributed by atoms with Gasteiger partial charge in [0.2, 0.25) is 0 Å². The summed E-state index contributed by atoms with van der Waals surface area (Å²) in [5, 5.41) is 7.40. The number of aromatic nitrogens is 1. The van der Waals surface area contributed by atoms with E-state index in [1.807, 2.05) is 0 Å². The summed E-state index contributed by atoms with van der Waals surface area (Å²) in [6.45, 7) is 1.62. The zero-order chi connectivity index (χ0) is 19.6. The van der Waals surface area contributed by atoms with Crippen molar-refractivity contribution in [3.63, 3.8) is 0 Å². The number of methoxy groups -OCH3 is 1. The van der Waals surface area contributed by atoms with E-state index in [-0.39, 0.29) is 11.3 Å². The van der Waals surface area contributed by atoms with Crippen LogP contribution in [0.4, 0.5) is 5.69 Å². The van der Waals surface area contributed by atoms with Gasteiger partial charge in [-0.3, -0.25) is 4.79 Å². The molecule has 3 rings (SSSR count). The number of ether oxygens (including phenoxy) is 1. The number of carbonyl (C=O) groups excluding carboxylic acids is 2. The summed E-state index contributed by atoms with van der Waals surface area (Å²) in [5.41, 5.74) is 1.77. The quantitative estimate of drug-likeness (QED) is 0.618. The largest absolute Gasteiger partial charge is 0.465 e. The molecule has 0 bridgehead atoms. The zero-order valence-electron chi connectivity index (χ0n) is 14.4. The number of benzene rings is 2. The molecular weight excluding hydrogens is 391 g/mol. The third-order valence-electron chi connectivity index (χ3n) is 3.85. The first-order valence-corrected chi connectivity index (χ1v) is 8.58. The minimum absolute atomic E-state index is 0.224. The van der Waals surface area contributed by atoms with Crippen LogP contribution in [0.3, 0.4) is 0 Å². The Hall–Kier alpha value is -2.83. The molecule has 0 spiro atoms. The number of aryl methyl sites for hydroxylation is 1. The summed E-state index contributed by atoms with van der Waals surface area (Å²) in [5.74, 6) is -0.575. The third-order valence-corrected chi connectivity index (χ3v) is 4.48. The second kappa shape index (κ2) is 7.82. The Labute approximate surface area is 165 Å². The van der Waals surface area contributed by atoms with Crippen molar-refractivity contribution in [3.05, 3.63) is 69.4 Å². The van der Waals surface area contributed by atoms with E-state index >= 15 is 0 Å². The number of esters is 1. The SMILES string of the molecule is COC(=O)c1ccc(NC(=O)c2c(-c3c(Cl)cccc3Cl)noc2C)cc1. The zero-order valence-corrected chi connectivity index (χ0v) is 15.9. The Bertz CT molecular complexity index is 993. The lowest BCUT2D eigenvalue weighted by molar-refractivity contribution is 0.0600. The van der Waals surface area contributed by atoms with E-state index in [9.17, 15) is 9.59 Å². The predicted octanol–water partition coefficient (Wildman–Crippen LogP) is 5.00. The van der Waals surface area contributed by atoms with Gasteiger partial charge in [0.05, 0.1) is 22.7 Å². The highest BCUT2D eigenvalue weighted by molar-refractivity contribution is 6.39. The highest BCUT2D eigenvalue weighted by atomic mass is 35.5. The van der Waals surface area contributed by atoms with E-state index in [4.69, 9.17) is 27.7 Å². The van der Waals surface area contributed by atoms with Crippen molar-refractivity contribution in [2.75, 3.05) is 12.4 Å². The topological polar surface area (TPSA) is 81.4 Å². The Morgan fingerprint density at radius 3 is 2.30 bits per heavy atom. The molecule has 0 atom stereocenters. The molecule has 0 saturated carbocycles. The average molecular weight is 405 g/mol. The lowest BCUT2D eigenvalue weighted by Crippen LogP contribution is -2.14. The van der Waals surface area contributed by atoms with Crippen LogP contribution in [0.15, 0.2) is 47.0 Å². The van der Waals surface area contributed by atoms with E-state index in [0.717, 1.165) is 0 Å². The molecule has 0 saturated heterocycles. The molecule has 0 aliphatic heterocycles. The number of nitrogens with zero attached hydrogens (tertiary/aromatic N) is 1. The summed E-state index contributed by atoms with van der Waals surface area (Å²) < 4.78 is 9.84. The van der Waals surface area contributed by atoms with Crippen LogP contribution in [0.2, 0.25) is 10.0 Å². The van der Waals surface area contributed by atoms with Gasteiger partial charge in [-0.25, -0.2) is 4.79 Å². The van der Waals surface area contributed by atoms with Crippen molar-refractivity contribution < 1.29 is 18.8 Å². The Kier molecular flexibility index (Phi) is 5.48. The van der Waals surface area contributed by atoms with E-state index in [2.05, 4.69) is 15.2 Å². The van der Waals surface area contributed by atoms with E-state index in [1.165, 1.54) is 7.11 Å². The summed E-state index contributed by atoms with van der Waals surface area (Å²) in [6.07, 6.45) is 0. The standard InChI is InChI=1S/C19H14Cl2N2O4/c1-10-15(17(23-27-10)16-13(20)4-3-5-14(16)21)18(24)22-12-8-6-11(7-9-12)19(25)26-2/h3-9H,1-2H3,(H,22,24). The highest BCUT2D eigenvalue weighted by Gasteiger charge is 2.25. The first kappa shape index (κ1) is 18.9. The summed E-state index contributed by atoms with van der Waals surface area (Å²) in [6, 6.07) is 11.3. The van der Waals surface area contributed by atoms with Crippen molar-refractivity contribution in [1.82, 2.24) is 5.16 Å². The molecule has 8 heteroatoms. The van der Waals surface area contributed by atoms with Gasteiger partial charge in [0, 0.05) is 11.3 Å². The van der Waals surface area contributed by atoms with Gasteiger partial charge in [0.15, 0.2) is 0 Å². The van der Waals surface area contributed by atoms with E-state index in [1.54, 1.807) is 49.4 Å². The minimum Gasteiger partial charge on any atom is -0.465 e. The molecule has 1 aromatic heterocycles. The molecule has 0 aliphatic carbocycles. The molecule has 0 fully saturated rings. The fourth-order valence-electron chi connectivity index (χ4n) is 2.54. The van der Waals surface area contributed by atoms with Gasteiger partial charge in [0.25, 0.3) is 5.91 Å². The lowest BCUT2D eigenvalue weighted by atomic mass is 10.1. The number of nitrogens with one attached hydrogen (secondary N) is 1. The molecule has 3 aromatic rings. The van der Waals surface area contributed by atoms with E-state index < -0.39 is 11.9 Å². The summed E-state index contributed by atoms with van der Waals surface area (Å²) in [7, 11) is 1.30. The maximum Gasteiger partial charge on any atom is 0.337 e. The lowest BCUT2D eigenvalue weighted by Gasteiger charge is -2.08. The van der Waals surface area contributed by atoms with Crippen molar-refractivity contribution >= 4 is 40.8 Å². The normalized spacial score (nSPS) is 10.5. The molecule has 0 unspecified atom stereocenters. The summed E-state index contributed by atoms with van der Waals surface area (Å²) >= 11 is 12.5. The van der Waals surface area contributed by atoms with Crippen LogP contribution < -0.4 is 5.32 Å². The third kappa shape index (κ3) is 3.82. The van der Waals surface area contributed by atoms with Gasteiger partial charge in [-0.2, -0.15) is 0 Å². The van der Waals surface area contributed by atoms with Gasteiger partial charge >= 0.3 is 5.97 Å². The maximum absolute atomic E-state index is 12.8. The average Bonchev–Trinajstić information content (AvgIpc) is 3.03.